The fraction of sp³-hybridized carbons (Fsp3) is 0.238. The highest BCUT2D eigenvalue weighted by Crippen LogP contribution is 2.17. The molecule has 0 unspecified atom stereocenters. The Hall–Kier alpha value is -2.68. The molecule has 0 aliphatic rings. The number of benzene rings is 2. The Morgan fingerprint density at radius 3 is 2.17 bits per heavy atom. The van der Waals surface area contributed by atoms with Gasteiger partial charge >= 0.3 is 0 Å². The van der Waals surface area contributed by atoms with Crippen molar-refractivity contribution in [2.75, 3.05) is 5.32 Å². The lowest BCUT2D eigenvalue weighted by molar-refractivity contribution is -0.111. The van der Waals surface area contributed by atoms with Crippen LogP contribution in [0, 0.1) is 13.8 Å². The third-order valence-corrected chi connectivity index (χ3v) is 4.02. The van der Waals surface area contributed by atoms with Gasteiger partial charge in [-0.3, -0.25) is 9.59 Å². The monoisotopic (exact) mass is 321 g/mol. The zero-order chi connectivity index (χ0) is 17.7. The van der Waals surface area contributed by atoms with E-state index < -0.39 is 0 Å². The molecular formula is C21H23NO2. The second-order valence-corrected chi connectivity index (χ2v) is 6.26. The largest absolute Gasteiger partial charge is 0.323 e. The van der Waals surface area contributed by atoms with Crippen LogP contribution in [-0.4, -0.2) is 11.7 Å². The number of aryl methyl sites for hydroxylation is 2. The summed E-state index contributed by atoms with van der Waals surface area (Å²) in [4.78, 5) is 24.1. The summed E-state index contributed by atoms with van der Waals surface area (Å²) in [5.74, 6) is -0.0434. The number of carbonyl (C=O) groups is 2. The zero-order valence-electron chi connectivity index (χ0n) is 14.6. The molecule has 0 saturated heterocycles. The summed E-state index contributed by atoms with van der Waals surface area (Å²) in [6.45, 7) is 8.20. The van der Waals surface area contributed by atoms with Crippen LogP contribution in [0.25, 0.3) is 0 Å². The topological polar surface area (TPSA) is 46.2 Å². The minimum atomic E-state index is -0.315. The van der Waals surface area contributed by atoms with Gasteiger partial charge in [0.05, 0.1) is 0 Å². The lowest BCUT2D eigenvalue weighted by atomic mass is 10.0. The second kappa shape index (κ2) is 7.73. The molecule has 2 aromatic carbocycles. The first-order valence-corrected chi connectivity index (χ1v) is 8.07. The predicted octanol–water partition coefficient (Wildman–Crippen LogP) is 4.80. The van der Waals surface area contributed by atoms with E-state index in [0.29, 0.717) is 17.2 Å². The van der Waals surface area contributed by atoms with Gasteiger partial charge in [-0.05, 0) is 60.7 Å². The van der Waals surface area contributed by atoms with E-state index in [1.54, 1.807) is 6.07 Å². The van der Waals surface area contributed by atoms with Crippen LogP contribution < -0.4 is 5.32 Å². The summed E-state index contributed by atoms with van der Waals surface area (Å²) in [5, 5.41) is 2.76. The maximum absolute atomic E-state index is 12.1. The molecule has 24 heavy (non-hydrogen) atoms. The number of carbonyl (C=O) groups excluding carboxylic acids is 2. The Balaban J connectivity index is 1.99. The summed E-state index contributed by atoms with van der Waals surface area (Å²) in [6, 6.07) is 13.2. The van der Waals surface area contributed by atoms with Crippen molar-refractivity contribution in [2.45, 2.75) is 33.6 Å². The quantitative estimate of drug-likeness (QED) is 0.635. The molecule has 0 radical (unpaired) electrons. The van der Waals surface area contributed by atoms with Gasteiger partial charge < -0.3 is 5.32 Å². The molecule has 0 heterocycles. The van der Waals surface area contributed by atoms with Gasteiger partial charge in [0.15, 0.2) is 5.78 Å². The van der Waals surface area contributed by atoms with Gasteiger partial charge in [0.2, 0.25) is 5.91 Å². The fourth-order valence-corrected chi connectivity index (χ4v) is 2.28. The van der Waals surface area contributed by atoms with Gasteiger partial charge in [-0.25, -0.2) is 0 Å². The molecular weight excluding hydrogens is 298 g/mol. The van der Waals surface area contributed by atoms with E-state index in [-0.39, 0.29) is 11.7 Å². The van der Waals surface area contributed by atoms with E-state index in [4.69, 9.17) is 0 Å². The third kappa shape index (κ3) is 4.66. The van der Waals surface area contributed by atoms with Crippen molar-refractivity contribution in [2.24, 2.45) is 0 Å². The van der Waals surface area contributed by atoms with Crippen LogP contribution in [0.2, 0.25) is 0 Å². The minimum Gasteiger partial charge on any atom is -0.323 e. The smallest absolute Gasteiger partial charge is 0.248 e. The van der Waals surface area contributed by atoms with E-state index in [1.807, 2.05) is 50.2 Å². The molecule has 0 spiro atoms. The first kappa shape index (κ1) is 17.7. The first-order chi connectivity index (χ1) is 11.4. The maximum Gasteiger partial charge on any atom is 0.248 e. The molecule has 0 fully saturated rings. The van der Waals surface area contributed by atoms with Crippen molar-refractivity contribution < 1.29 is 9.59 Å². The predicted molar refractivity (Wildman–Crippen MR) is 98.5 cm³/mol. The molecule has 0 aliphatic carbocycles. The molecule has 0 bridgehead atoms. The number of amides is 1. The van der Waals surface area contributed by atoms with E-state index in [1.165, 1.54) is 17.7 Å². The van der Waals surface area contributed by atoms with Crippen molar-refractivity contribution in [3.05, 3.63) is 76.9 Å². The van der Waals surface area contributed by atoms with Crippen molar-refractivity contribution in [3.8, 4) is 0 Å². The van der Waals surface area contributed by atoms with Gasteiger partial charge in [0.25, 0.3) is 0 Å². The van der Waals surface area contributed by atoms with Gasteiger partial charge in [-0.15, -0.1) is 0 Å². The maximum atomic E-state index is 12.1. The van der Waals surface area contributed by atoms with Crippen LogP contribution >= 0.6 is 0 Å². The van der Waals surface area contributed by atoms with Crippen LogP contribution in [0.3, 0.4) is 0 Å². The number of hydrogen-bond donors (Lipinski definition) is 1. The molecule has 1 amide bonds. The summed E-state index contributed by atoms with van der Waals surface area (Å²) in [6.07, 6.45) is 2.58. The lowest BCUT2D eigenvalue weighted by Crippen LogP contribution is -2.09. The highest BCUT2D eigenvalue weighted by atomic mass is 16.1. The standard InChI is InChI=1S/C21H23NO2/c1-14(2)17-7-9-19(10-8-17)22-21(24)12-11-20(23)18-6-5-15(3)16(4)13-18/h5-14H,1-4H3,(H,22,24)/b12-11+. The highest BCUT2D eigenvalue weighted by molar-refractivity contribution is 6.09. The molecule has 0 saturated carbocycles. The Labute approximate surface area is 143 Å². The zero-order valence-corrected chi connectivity index (χ0v) is 14.6. The van der Waals surface area contributed by atoms with Gasteiger partial charge in [-0.1, -0.05) is 38.1 Å². The molecule has 1 N–H and O–H groups in total. The van der Waals surface area contributed by atoms with Crippen LogP contribution in [0.4, 0.5) is 5.69 Å². The summed E-state index contributed by atoms with van der Waals surface area (Å²) >= 11 is 0. The first-order valence-electron chi connectivity index (χ1n) is 8.07. The van der Waals surface area contributed by atoms with Crippen molar-refractivity contribution in [1.82, 2.24) is 0 Å². The van der Waals surface area contributed by atoms with Crippen LogP contribution in [0.5, 0.6) is 0 Å². The average Bonchev–Trinajstić information content (AvgIpc) is 2.55. The molecule has 2 aromatic rings. The van der Waals surface area contributed by atoms with Crippen LogP contribution in [0.1, 0.15) is 46.8 Å². The molecule has 124 valence electrons. The Kier molecular flexibility index (Phi) is 5.69. The number of hydrogen-bond acceptors (Lipinski definition) is 2. The lowest BCUT2D eigenvalue weighted by Gasteiger charge is -2.07. The van der Waals surface area contributed by atoms with Crippen LogP contribution in [0.15, 0.2) is 54.6 Å². The highest BCUT2D eigenvalue weighted by Gasteiger charge is 2.05. The number of anilines is 1. The van der Waals surface area contributed by atoms with Crippen molar-refractivity contribution in [3.63, 3.8) is 0 Å². The molecule has 2 rings (SSSR count). The second-order valence-electron chi connectivity index (χ2n) is 6.26. The Bertz CT molecular complexity index is 771. The molecule has 3 heteroatoms. The van der Waals surface area contributed by atoms with Gasteiger partial charge in [-0.2, -0.15) is 0 Å². The summed E-state index contributed by atoms with van der Waals surface area (Å²) in [7, 11) is 0. The summed E-state index contributed by atoms with van der Waals surface area (Å²) in [5.41, 5.74) is 4.71. The van der Waals surface area contributed by atoms with E-state index in [9.17, 15) is 9.59 Å². The normalized spacial score (nSPS) is 11.0. The van der Waals surface area contributed by atoms with E-state index in [0.717, 1.165) is 11.1 Å². The fourth-order valence-electron chi connectivity index (χ4n) is 2.28. The minimum absolute atomic E-state index is 0.177. The number of ketones is 1. The van der Waals surface area contributed by atoms with E-state index >= 15 is 0 Å². The van der Waals surface area contributed by atoms with Crippen molar-refractivity contribution in [1.29, 1.82) is 0 Å². The van der Waals surface area contributed by atoms with E-state index in [2.05, 4.69) is 19.2 Å². The number of rotatable bonds is 5. The van der Waals surface area contributed by atoms with Crippen LogP contribution in [-0.2, 0) is 4.79 Å². The molecule has 0 aromatic heterocycles. The van der Waals surface area contributed by atoms with Crippen molar-refractivity contribution >= 4 is 17.4 Å². The Morgan fingerprint density at radius 1 is 0.917 bits per heavy atom. The van der Waals surface area contributed by atoms with Gasteiger partial charge in [0.1, 0.15) is 0 Å². The van der Waals surface area contributed by atoms with Gasteiger partial charge in [0, 0.05) is 17.3 Å². The number of allylic oxidation sites excluding steroid dienone is 1. The summed E-state index contributed by atoms with van der Waals surface area (Å²) < 4.78 is 0. The molecule has 0 aliphatic heterocycles. The Morgan fingerprint density at radius 2 is 1.58 bits per heavy atom. The molecule has 0 atom stereocenters. The third-order valence-electron chi connectivity index (χ3n) is 4.02. The average molecular weight is 321 g/mol. The number of nitrogens with one attached hydrogen (secondary N) is 1. The SMILES string of the molecule is Cc1ccc(C(=O)/C=C/C(=O)Nc2ccc(C(C)C)cc2)cc1C. The molecule has 3 nitrogen and oxygen atoms in total.